The van der Waals surface area contributed by atoms with Gasteiger partial charge in [-0.1, -0.05) is 67.6 Å². The number of rotatable bonds is 10. The number of carbonyl (C=O) groups is 1. The fraction of sp³-hybridized carbons (Fsp3) is 0.387. The van der Waals surface area contributed by atoms with Crippen molar-refractivity contribution in [2.24, 2.45) is 5.92 Å². The molecule has 1 heterocycles. The molecule has 8 nitrogen and oxygen atoms in total. The first-order valence-electron chi connectivity index (χ1n) is 13.2. The van der Waals surface area contributed by atoms with Crippen molar-refractivity contribution in [1.29, 1.82) is 0 Å². The molecule has 0 aromatic heterocycles. The molecule has 4 N–H and O–H groups in total. The minimum Gasteiger partial charge on any atom is -0.508 e. The lowest BCUT2D eigenvalue weighted by atomic mass is 9.90. The first kappa shape index (κ1) is 28.7. The molecule has 1 fully saturated rings. The van der Waals surface area contributed by atoms with Crippen LogP contribution in [0, 0.1) is 5.92 Å². The lowest BCUT2D eigenvalue weighted by molar-refractivity contribution is -0.276. The first-order valence-corrected chi connectivity index (χ1v) is 13.2. The van der Waals surface area contributed by atoms with E-state index in [9.17, 15) is 20.1 Å². The number of nitrogens with one attached hydrogen (secondary N) is 1. The summed E-state index contributed by atoms with van der Waals surface area (Å²) in [6, 6.07) is 22.3. The maximum Gasteiger partial charge on any atom is 0.217 e. The van der Waals surface area contributed by atoms with Crippen LogP contribution in [0.15, 0.2) is 72.8 Å². The minimum atomic E-state index is -0.758. The van der Waals surface area contributed by atoms with Gasteiger partial charge in [-0.25, -0.2) is 0 Å². The zero-order valence-electron chi connectivity index (χ0n) is 22.7. The van der Waals surface area contributed by atoms with Gasteiger partial charge in [0.05, 0.1) is 24.9 Å². The number of ether oxygens (including phenoxy) is 2. The number of aliphatic hydroxyl groups excluding tert-OH is 2. The lowest BCUT2D eigenvalue weighted by Gasteiger charge is -2.42. The van der Waals surface area contributed by atoms with E-state index < -0.39 is 12.4 Å². The molecule has 0 radical (unpaired) electrons. The van der Waals surface area contributed by atoms with Gasteiger partial charge in [0, 0.05) is 38.0 Å². The highest BCUT2D eigenvalue weighted by Gasteiger charge is 2.39. The summed E-state index contributed by atoms with van der Waals surface area (Å²) in [5, 5.41) is 32.8. The molecular formula is C31H38N2O6. The number of likely N-dealkylation sites (N-methyl/N-ethyl adjacent to an activating group) is 1. The van der Waals surface area contributed by atoms with Crippen molar-refractivity contribution in [3.63, 3.8) is 0 Å². The SMILES string of the molecule is CC(=O)NCc1ccc([C@@H]2O[C@H](CN(C)C[C@@H](O)c3cccc(O)c3)[C@H](C)[C@H](c3ccc(CO)cc3)O2)cc1. The third kappa shape index (κ3) is 7.65. The Morgan fingerprint density at radius 3 is 2.31 bits per heavy atom. The molecule has 0 aliphatic carbocycles. The van der Waals surface area contributed by atoms with Crippen LogP contribution in [0.3, 0.4) is 0 Å². The largest absolute Gasteiger partial charge is 0.508 e. The average molecular weight is 535 g/mol. The third-order valence-electron chi connectivity index (χ3n) is 7.15. The normalized spacial score (nSPS) is 22.0. The molecule has 1 aliphatic rings. The van der Waals surface area contributed by atoms with Crippen LogP contribution in [-0.2, 0) is 27.4 Å². The Labute approximate surface area is 229 Å². The van der Waals surface area contributed by atoms with E-state index in [0.29, 0.717) is 25.2 Å². The molecule has 0 spiro atoms. The van der Waals surface area contributed by atoms with Gasteiger partial charge < -0.3 is 35.0 Å². The summed E-state index contributed by atoms with van der Waals surface area (Å²) in [7, 11) is 1.94. The van der Waals surface area contributed by atoms with Crippen molar-refractivity contribution in [3.05, 3.63) is 101 Å². The third-order valence-corrected chi connectivity index (χ3v) is 7.15. The number of benzene rings is 3. The summed E-state index contributed by atoms with van der Waals surface area (Å²) in [6.07, 6.45) is -1.81. The van der Waals surface area contributed by atoms with Gasteiger partial charge in [0.2, 0.25) is 5.91 Å². The molecule has 4 rings (SSSR count). The molecule has 0 bridgehead atoms. The Morgan fingerprint density at radius 1 is 1.00 bits per heavy atom. The van der Waals surface area contributed by atoms with Crippen LogP contribution in [0.5, 0.6) is 5.75 Å². The van der Waals surface area contributed by atoms with E-state index in [0.717, 1.165) is 22.3 Å². The van der Waals surface area contributed by atoms with Gasteiger partial charge in [0.15, 0.2) is 6.29 Å². The maximum atomic E-state index is 11.3. The summed E-state index contributed by atoms with van der Waals surface area (Å²) in [5.41, 5.74) is 4.34. The molecule has 1 saturated heterocycles. The number of aliphatic hydroxyl groups is 2. The zero-order chi connectivity index (χ0) is 27.9. The van der Waals surface area contributed by atoms with Crippen molar-refractivity contribution in [3.8, 4) is 5.75 Å². The molecule has 3 aromatic rings. The van der Waals surface area contributed by atoms with E-state index in [1.165, 1.54) is 6.92 Å². The van der Waals surface area contributed by atoms with Crippen molar-refractivity contribution < 1.29 is 29.6 Å². The topological polar surface area (TPSA) is 111 Å². The predicted molar refractivity (Wildman–Crippen MR) is 147 cm³/mol. The van der Waals surface area contributed by atoms with Crippen LogP contribution in [0.25, 0.3) is 0 Å². The van der Waals surface area contributed by atoms with Crippen LogP contribution in [-0.4, -0.2) is 52.4 Å². The smallest absolute Gasteiger partial charge is 0.217 e. The zero-order valence-corrected chi connectivity index (χ0v) is 22.7. The summed E-state index contributed by atoms with van der Waals surface area (Å²) in [4.78, 5) is 13.3. The Balaban J connectivity index is 1.52. The fourth-order valence-corrected chi connectivity index (χ4v) is 4.86. The van der Waals surface area contributed by atoms with Gasteiger partial charge in [-0.05, 0) is 41.4 Å². The van der Waals surface area contributed by atoms with Gasteiger partial charge in [0.25, 0.3) is 0 Å². The second-order valence-electron chi connectivity index (χ2n) is 10.3. The van der Waals surface area contributed by atoms with Crippen molar-refractivity contribution in [2.75, 3.05) is 20.1 Å². The molecular weight excluding hydrogens is 496 g/mol. The van der Waals surface area contributed by atoms with Crippen LogP contribution in [0.1, 0.15) is 60.2 Å². The van der Waals surface area contributed by atoms with E-state index in [4.69, 9.17) is 9.47 Å². The molecule has 0 unspecified atom stereocenters. The summed E-state index contributed by atoms with van der Waals surface area (Å²) >= 11 is 0. The Kier molecular flexibility index (Phi) is 9.72. The molecule has 208 valence electrons. The van der Waals surface area contributed by atoms with E-state index in [-0.39, 0.29) is 36.4 Å². The Hall–Kier alpha value is -3.27. The van der Waals surface area contributed by atoms with Crippen molar-refractivity contribution in [1.82, 2.24) is 10.2 Å². The predicted octanol–water partition coefficient (Wildman–Crippen LogP) is 3.98. The summed E-state index contributed by atoms with van der Waals surface area (Å²) in [6.45, 7) is 4.95. The second-order valence-corrected chi connectivity index (χ2v) is 10.3. The Morgan fingerprint density at radius 2 is 1.67 bits per heavy atom. The van der Waals surface area contributed by atoms with Crippen molar-refractivity contribution in [2.45, 2.75) is 51.6 Å². The highest BCUT2D eigenvalue weighted by atomic mass is 16.7. The van der Waals surface area contributed by atoms with E-state index in [1.54, 1.807) is 24.3 Å². The molecule has 1 amide bonds. The van der Waals surface area contributed by atoms with Gasteiger partial charge in [0.1, 0.15) is 5.75 Å². The number of aromatic hydroxyl groups is 1. The van der Waals surface area contributed by atoms with E-state index >= 15 is 0 Å². The standard InChI is InChI=1S/C31H38N2O6/c1-20-29(18-33(3)17-28(37)26-5-4-6-27(36)15-26)38-31(25-13-7-22(8-14-25)16-32-21(2)35)39-30(20)24-11-9-23(19-34)10-12-24/h4-15,20,28-31,34,36-37H,16-19H2,1-3H3,(H,32,35)/t20-,28+,29+,30+,31+/m0/s1. The number of phenols is 1. The van der Waals surface area contributed by atoms with Gasteiger partial charge in [-0.15, -0.1) is 0 Å². The van der Waals surface area contributed by atoms with Crippen LogP contribution < -0.4 is 5.32 Å². The molecule has 39 heavy (non-hydrogen) atoms. The summed E-state index contributed by atoms with van der Waals surface area (Å²) in [5.74, 6) is 0.0421. The monoisotopic (exact) mass is 534 g/mol. The fourth-order valence-electron chi connectivity index (χ4n) is 4.86. The second kappa shape index (κ2) is 13.2. The quantitative estimate of drug-likeness (QED) is 0.311. The molecule has 1 aliphatic heterocycles. The molecule has 8 heteroatoms. The number of amides is 1. The van der Waals surface area contributed by atoms with Gasteiger partial charge in [-0.2, -0.15) is 0 Å². The van der Waals surface area contributed by atoms with Gasteiger partial charge >= 0.3 is 0 Å². The number of nitrogens with zero attached hydrogens (tertiary/aromatic N) is 1. The molecule has 3 aromatic carbocycles. The number of hydrogen-bond acceptors (Lipinski definition) is 7. The highest BCUT2D eigenvalue weighted by Crippen LogP contribution is 2.42. The minimum absolute atomic E-state index is 0.000582. The van der Waals surface area contributed by atoms with Gasteiger partial charge in [-0.3, -0.25) is 4.79 Å². The maximum absolute atomic E-state index is 11.3. The number of phenolic OH excluding ortho intramolecular Hbond substituents is 1. The number of carbonyl (C=O) groups excluding carboxylic acids is 1. The summed E-state index contributed by atoms with van der Waals surface area (Å²) < 4.78 is 13.0. The molecule has 0 saturated carbocycles. The Bertz CT molecular complexity index is 1220. The van der Waals surface area contributed by atoms with E-state index in [2.05, 4.69) is 12.2 Å². The highest BCUT2D eigenvalue weighted by molar-refractivity contribution is 5.72. The van der Waals surface area contributed by atoms with Crippen LogP contribution >= 0.6 is 0 Å². The lowest BCUT2D eigenvalue weighted by Crippen LogP contribution is -2.44. The van der Waals surface area contributed by atoms with Crippen molar-refractivity contribution >= 4 is 5.91 Å². The van der Waals surface area contributed by atoms with Crippen LogP contribution in [0.4, 0.5) is 0 Å². The number of hydrogen-bond donors (Lipinski definition) is 4. The van der Waals surface area contributed by atoms with E-state index in [1.807, 2.05) is 60.5 Å². The first-order chi connectivity index (χ1) is 18.7. The average Bonchev–Trinajstić information content (AvgIpc) is 2.93. The molecule has 5 atom stereocenters. The van der Waals surface area contributed by atoms with Crippen LogP contribution in [0.2, 0.25) is 0 Å².